The average Bonchev–Trinajstić information content (AvgIpc) is 3.28. The Morgan fingerprint density at radius 3 is 1.43 bits per heavy atom. The number of hydrogen-bond donors (Lipinski definition) is 6. The largest absolute Gasteiger partial charge is 0.394 e. The van der Waals surface area contributed by atoms with Crippen LogP contribution in [0, 0.1) is 0 Å². The van der Waals surface area contributed by atoms with Gasteiger partial charge in [0.05, 0.1) is 25.4 Å². The van der Waals surface area contributed by atoms with Gasteiger partial charge in [-0.25, -0.2) is 0 Å². The van der Waals surface area contributed by atoms with E-state index in [-0.39, 0.29) is 12.5 Å². The van der Waals surface area contributed by atoms with Crippen LogP contribution in [0.5, 0.6) is 0 Å². The van der Waals surface area contributed by atoms with E-state index in [0.717, 1.165) is 44.9 Å². The van der Waals surface area contributed by atoms with Crippen molar-refractivity contribution in [3.05, 3.63) is 48.6 Å². The summed E-state index contributed by atoms with van der Waals surface area (Å²) in [5.41, 5.74) is 0. The van der Waals surface area contributed by atoms with Gasteiger partial charge in [0.2, 0.25) is 5.91 Å². The highest BCUT2D eigenvalue weighted by molar-refractivity contribution is 5.76. The molecule has 0 aromatic carbocycles. The van der Waals surface area contributed by atoms with Crippen molar-refractivity contribution in [2.24, 2.45) is 0 Å². The molecule has 0 aromatic rings. The van der Waals surface area contributed by atoms with Gasteiger partial charge >= 0.3 is 0 Å². The highest BCUT2D eigenvalue weighted by atomic mass is 16.7. The highest BCUT2D eigenvalue weighted by Crippen LogP contribution is 2.23. The number of allylic oxidation sites excluding steroid dienone is 7. The Kier molecular flexibility index (Phi) is 41.3. The van der Waals surface area contributed by atoms with Crippen LogP contribution in [0.25, 0.3) is 0 Å². The van der Waals surface area contributed by atoms with Gasteiger partial charge in [-0.1, -0.05) is 210 Å². The first-order chi connectivity index (χ1) is 30.8. The molecule has 1 aliphatic heterocycles. The third-order valence-electron chi connectivity index (χ3n) is 12.4. The van der Waals surface area contributed by atoms with Crippen molar-refractivity contribution in [3.8, 4) is 0 Å². The van der Waals surface area contributed by atoms with Gasteiger partial charge in [-0.05, 0) is 64.2 Å². The molecule has 0 aromatic heterocycles. The summed E-state index contributed by atoms with van der Waals surface area (Å²) < 4.78 is 11.2. The predicted molar refractivity (Wildman–Crippen MR) is 263 cm³/mol. The van der Waals surface area contributed by atoms with Gasteiger partial charge in [-0.3, -0.25) is 4.79 Å². The van der Waals surface area contributed by atoms with E-state index in [4.69, 9.17) is 9.47 Å². The molecular weight excluding hydrogens is 791 g/mol. The molecule has 0 radical (unpaired) electrons. The molecule has 1 rings (SSSR count). The van der Waals surface area contributed by atoms with Crippen LogP contribution in [0.3, 0.4) is 0 Å². The Labute approximate surface area is 386 Å². The average molecular weight is 890 g/mol. The number of nitrogens with one attached hydrogen (secondary N) is 1. The molecule has 1 fully saturated rings. The summed E-state index contributed by atoms with van der Waals surface area (Å²) in [5, 5.41) is 54.3. The number of carbonyl (C=O) groups is 1. The molecule has 9 heteroatoms. The van der Waals surface area contributed by atoms with Crippen molar-refractivity contribution in [1.82, 2.24) is 5.32 Å². The number of aliphatic hydroxyl groups excluding tert-OH is 5. The van der Waals surface area contributed by atoms with Gasteiger partial charge in [-0.15, -0.1) is 0 Å². The zero-order chi connectivity index (χ0) is 45.9. The zero-order valence-corrected chi connectivity index (χ0v) is 40.6. The minimum absolute atomic E-state index is 0.188. The molecule has 368 valence electrons. The summed E-state index contributed by atoms with van der Waals surface area (Å²) in [6.07, 6.45) is 50.2. The molecule has 1 aliphatic rings. The lowest BCUT2D eigenvalue weighted by atomic mass is 9.99. The van der Waals surface area contributed by atoms with E-state index in [9.17, 15) is 30.3 Å². The maximum absolute atomic E-state index is 13.0. The van der Waals surface area contributed by atoms with E-state index in [0.29, 0.717) is 6.42 Å². The number of amides is 1. The van der Waals surface area contributed by atoms with Crippen LogP contribution in [-0.2, 0) is 14.3 Å². The first kappa shape index (κ1) is 59.2. The SMILES string of the molecule is CCCCCCC/C=C\C/C=C\CCCCCCCCCCCCCCCC(=O)NC(COC1OC(CO)C(O)C(O)C1O)C(O)/C=C/CC/C=C/CCCCCCCCCCC. The van der Waals surface area contributed by atoms with Gasteiger partial charge in [0, 0.05) is 6.42 Å². The number of unbranched alkanes of at least 4 members (excludes halogenated alkanes) is 28. The van der Waals surface area contributed by atoms with Crippen molar-refractivity contribution in [2.75, 3.05) is 13.2 Å². The van der Waals surface area contributed by atoms with Crippen LogP contribution in [0.1, 0.15) is 232 Å². The molecule has 0 bridgehead atoms. The van der Waals surface area contributed by atoms with E-state index >= 15 is 0 Å². The van der Waals surface area contributed by atoms with Gasteiger partial charge in [0.15, 0.2) is 6.29 Å². The fourth-order valence-corrected chi connectivity index (χ4v) is 8.14. The van der Waals surface area contributed by atoms with Crippen molar-refractivity contribution in [2.45, 2.75) is 275 Å². The number of ether oxygens (including phenoxy) is 2. The lowest BCUT2D eigenvalue weighted by Gasteiger charge is -2.40. The Hall–Kier alpha value is -1.85. The molecule has 0 aliphatic carbocycles. The molecule has 7 atom stereocenters. The molecule has 7 unspecified atom stereocenters. The Morgan fingerprint density at radius 1 is 0.540 bits per heavy atom. The summed E-state index contributed by atoms with van der Waals surface area (Å²) in [6.45, 7) is 3.75. The summed E-state index contributed by atoms with van der Waals surface area (Å²) in [6, 6.07) is -0.822. The minimum Gasteiger partial charge on any atom is -0.394 e. The summed E-state index contributed by atoms with van der Waals surface area (Å²) in [7, 11) is 0. The molecule has 1 saturated heterocycles. The van der Waals surface area contributed by atoms with Gasteiger partial charge in [0.25, 0.3) is 0 Å². The first-order valence-electron chi connectivity index (χ1n) is 26.4. The standard InChI is InChI=1S/C54H99NO8/c1-3-5-7-9-11-13-15-17-19-20-21-22-23-24-25-26-27-28-30-32-34-36-38-40-42-44-50(58)55-47(46-62-54-53(61)52(60)51(59)49(45-56)63-54)48(57)43-41-39-37-35-33-31-29-18-16-14-12-10-8-6-4-2/h15,17,20-21,33,35,41,43,47-49,51-54,56-57,59-61H,3-14,16,18-19,22-32,34,36-40,42,44-46H2,1-2H3,(H,55,58)/b17-15-,21-20-,35-33+,43-41+. The summed E-state index contributed by atoms with van der Waals surface area (Å²) in [5.74, 6) is -0.188. The van der Waals surface area contributed by atoms with E-state index in [1.54, 1.807) is 6.08 Å². The molecule has 1 amide bonds. The Balaban J connectivity index is 2.26. The fraction of sp³-hybridized carbons (Fsp3) is 0.833. The second-order valence-electron chi connectivity index (χ2n) is 18.3. The van der Waals surface area contributed by atoms with Crippen molar-refractivity contribution < 1.29 is 39.8 Å². The lowest BCUT2D eigenvalue weighted by Crippen LogP contribution is -2.60. The van der Waals surface area contributed by atoms with Crippen molar-refractivity contribution in [3.63, 3.8) is 0 Å². The topological polar surface area (TPSA) is 149 Å². The first-order valence-corrected chi connectivity index (χ1v) is 26.4. The third-order valence-corrected chi connectivity index (χ3v) is 12.4. The molecule has 1 heterocycles. The van der Waals surface area contributed by atoms with E-state index in [1.807, 2.05) is 6.08 Å². The van der Waals surface area contributed by atoms with Gasteiger partial charge in [0.1, 0.15) is 24.4 Å². The molecule has 63 heavy (non-hydrogen) atoms. The Bertz CT molecular complexity index is 1130. The molecule has 9 nitrogen and oxygen atoms in total. The third kappa shape index (κ3) is 34.2. The van der Waals surface area contributed by atoms with Crippen LogP contribution < -0.4 is 5.32 Å². The van der Waals surface area contributed by atoms with E-state index < -0.39 is 49.5 Å². The van der Waals surface area contributed by atoms with Crippen molar-refractivity contribution in [1.29, 1.82) is 0 Å². The second-order valence-corrected chi connectivity index (χ2v) is 18.3. The number of carbonyl (C=O) groups excluding carboxylic acids is 1. The van der Waals surface area contributed by atoms with Crippen LogP contribution in [0.4, 0.5) is 0 Å². The van der Waals surface area contributed by atoms with Crippen molar-refractivity contribution >= 4 is 5.91 Å². The van der Waals surface area contributed by atoms with Crippen LogP contribution in [-0.4, -0.2) is 87.5 Å². The molecule has 0 saturated carbocycles. The van der Waals surface area contributed by atoms with E-state index in [2.05, 4.69) is 55.6 Å². The summed E-state index contributed by atoms with van der Waals surface area (Å²) >= 11 is 0. The van der Waals surface area contributed by atoms with Gasteiger partial charge in [-0.2, -0.15) is 0 Å². The maximum Gasteiger partial charge on any atom is 0.220 e. The summed E-state index contributed by atoms with van der Waals surface area (Å²) in [4.78, 5) is 13.0. The fourth-order valence-electron chi connectivity index (χ4n) is 8.14. The minimum atomic E-state index is -1.57. The quantitative estimate of drug-likeness (QED) is 0.0262. The molecule has 6 N–H and O–H groups in total. The van der Waals surface area contributed by atoms with Crippen LogP contribution >= 0.6 is 0 Å². The van der Waals surface area contributed by atoms with Crippen LogP contribution in [0.2, 0.25) is 0 Å². The number of hydrogen-bond acceptors (Lipinski definition) is 8. The second kappa shape index (κ2) is 44.0. The lowest BCUT2D eigenvalue weighted by molar-refractivity contribution is -0.302. The number of rotatable bonds is 44. The predicted octanol–water partition coefficient (Wildman–Crippen LogP) is 12.2. The number of aliphatic hydroxyl groups is 5. The molecular formula is C54H99NO8. The zero-order valence-electron chi connectivity index (χ0n) is 40.6. The van der Waals surface area contributed by atoms with Gasteiger partial charge < -0.3 is 40.3 Å². The monoisotopic (exact) mass is 890 g/mol. The van der Waals surface area contributed by atoms with E-state index in [1.165, 1.54) is 167 Å². The smallest absolute Gasteiger partial charge is 0.220 e. The maximum atomic E-state index is 13.0. The molecule has 0 spiro atoms. The van der Waals surface area contributed by atoms with Crippen LogP contribution in [0.15, 0.2) is 48.6 Å². The normalized spacial score (nSPS) is 20.5. The highest BCUT2D eigenvalue weighted by Gasteiger charge is 2.44. The Morgan fingerprint density at radius 2 is 0.952 bits per heavy atom.